The third-order valence-corrected chi connectivity index (χ3v) is 11.9. The Morgan fingerprint density at radius 2 is 1.17 bits per heavy atom. The number of benzene rings is 8. The molecule has 1 heterocycles. The van der Waals surface area contributed by atoms with Gasteiger partial charge in [0.25, 0.3) is 0 Å². The third-order valence-electron chi connectivity index (χ3n) is 10.6. The average Bonchev–Trinajstić information content (AvgIpc) is 3.68. The second kappa shape index (κ2) is 10.3. The first-order chi connectivity index (χ1) is 23.5. The van der Waals surface area contributed by atoms with Crippen LogP contribution in [0.25, 0.3) is 65.7 Å². The van der Waals surface area contributed by atoms with Crippen molar-refractivity contribution < 1.29 is 0 Å². The van der Waals surface area contributed by atoms with E-state index in [2.05, 4.69) is 171 Å². The number of nitrogens with one attached hydrogen (secondary N) is 1. The maximum absolute atomic E-state index is 3.78. The fourth-order valence-corrected chi connectivity index (χ4v) is 9.57. The van der Waals surface area contributed by atoms with Crippen LogP contribution in [0.3, 0.4) is 0 Å². The van der Waals surface area contributed by atoms with Crippen molar-refractivity contribution in [1.82, 2.24) is 0 Å². The monoisotopic (exact) mass is 631 g/mol. The van der Waals surface area contributed by atoms with Crippen molar-refractivity contribution in [1.29, 1.82) is 0 Å². The summed E-state index contributed by atoms with van der Waals surface area (Å²) in [6, 6.07) is 56.3. The maximum atomic E-state index is 3.78. The summed E-state index contributed by atoms with van der Waals surface area (Å²) < 4.78 is 0. The van der Waals surface area contributed by atoms with Crippen LogP contribution in [-0.4, -0.2) is 0 Å². The standard InChI is InChI=1S/C46H33NS/c1-46(2)40-27-35(20-22-37(40)38-23-19-28-9-6-7-14-36(28)43(38)46)33-13-8-12-32(25-33)34-18-16-29-15-17-30-21-24-41-44(42(30)39(29)26-34)48-45(47-41)31-10-4-3-5-11-31/h3-27,45,47H,1-2H3. The summed E-state index contributed by atoms with van der Waals surface area (Å²) in [6.45, 7) is 4.77. The van der Waals surface area contributed by atoms with Gasteiger partial charge in [-0.15, -0.1) is 0 Å². The Labute approximate surface area is 285 Å². The summed E-state index contributed by atoms with van der Waals surface area (Å²) in [7, 11) is 0. The molecule has 1 atom stereocenters. The fourth-order valence-electron chi connectivity index (χ4n) is 8.25. The maximum Gasteiger partial charge on any atom is 0.103 e. The molecule has 0 spiro atoms. The lowest BCUT2D eigenvalue weighted by Crippen LogP contribution is -2.15. The van der Waals surface area contributed by atoms with Crippen molar-refractivity contribution in [3.8, 4) is 33.4 Å². The second-order valence-electron chi connectivity index (χ2n) is 13.8. The van der Waals surface area contributed by atoms with Gasteiger partial charge in [-0.25, -0.2) is 0 Å². The van der Waals surface area contributed by atoms with E-state index in [9.17, 15) is 0 Å². The van der Waals surface area contributed by atoms with Crippen LogP contribution in [-0.2, 0) is 5.41 Å². The van der Waals surface area contributed by atoms with E-state index < -0.39 is 0 Å². The quantitative estimate of drug-likeness (QED) is 0.195. The molecule has 10 rings (SSSR count). The highest BCUT2D eigenvalue weighted by Gasteiger charge is 2.37. The van der Waals surface area contributed by atoms with Gasteiger partial charge in [0.15, 0.2) is 0 Å². The lowest BCUT2D eigenvalue weighted by Gasteiger charge is -2.23. The topological polar surface area (TPSA) is 12.0 Å². The Bertz CT molecular complexity index is 2600. The zero-order chi connectivity index (χ0) is 32.0. The summed E-state index contributed by atoms with van der Waals surface area (Å²) in [5.74, 6) is 0. The Kier molecular flexibility index (Phi) is 5.98. The zero-order valence-corrected chi connectivity index (χ0v) is 27.7. The lowest BCUT2D eigenvalue weighted by atomic mass is 9.79. The number of thioether (sulfide) groups is 1. The summed E-state index contributed by atoms with van der Waals surface area (Å²) in [5.41, 5.74) is 13.0. The van der Waals surface area contributed by atoms with E-state index in [1.54, 1.807) is 0 Å². The smallest absolute Gasteiger partial charge is 0.103 e. The molecule has 1 nitrogen and oxygen atoms in total. The molecule has 0 saturated carbocycles. The van der Waals surface area contributed by atoms with Crippen LogP contribution in [0.5, 0.6) is 0 Å². The predicted octanol–water partition coefficient (Wildman–Crippen LogP) is 13.0. The number of rotatable bonds is 3. The van der Waals surface area contributed by atoms with Crippen molar-refractivity contribution in [2.75, 3.05) is 5.32 Å². The minimum absolute atomic E-state index is 0.0782. The summed E-state index contributed by atoms with van der Waals surface area (Å²) >= 11 is 1.93. The van der Waals surface area contributed by atoms with Crippen molar-refractivity contribution in [2.45, 2.75) is 29.5 Å². The van der Waals surface area contributed by atoms with Crippen LogP contribution < -0.4 is 5.32 Å². The average molecular weight is 632 g/mol. The molecule has 1 unspecified atom stereocenters. The van der Waals surface area contributed by atoms with E-state index >= 15 is 0 Å². The summed E-state index contributed by atoms with van der Waals surface area (Å²) in [4.78, 5) is 1.34. The van der Waals surface area contributed by atoms with Crippen LogP contribution in [0.2, 0.25) is 0 Å². The van der Waals surface area contributed by atoms with Crippen LogP contribution in [0.15, 0.2) is 157 Å². The second-order valence-corrected chi connectivity index (χ2v) is 14.9. The molecule has 8 aromatic carbocycles. The van der Waals surface area contributed by atoms with E-state index in [1.807, 2.05) is 11.8 Å². The Hall–Kier alpha value is -5.31. The van der Waals surface area contributed by atoms with Gasteiger partial charge >= 0.3 is 0 Å². The van der Waals surface area contributed by atoms with E-state index in [-0.39, 0.29) is 10.8 Å². The Morgan fingerprint density at radius 3 is 2.04 bits per heavy atom. The van der Waals surface area contributed by atoms with Crippen molar-refractivity contribution in [2.24, 2.45) is 0 Å². The van der Waals surface area contributed by atoms with Crippen molar-refractivity contribution in [3.05, 3.63) is 168 Å². The van der Waals surface area contributed by atoms with Gasteiger partial charge in [-0.3, -0.25) is 0 Å². The number of anilines is 1. The van der Waals surface area contributed by atoms with Crippen LogP contribution in [0, 0.1) is 0 Å². The number of hydrogen-bond donors (Lipinski definition) is 1. The lowest BCUT2D eigenvalue weighted by molar-refractivity contribution is 0.666. The van der Waals surface area contributed by atoms with Crippen molar-refractivity contribution in [3.63, 3.8) is 0 Å². The molecule has 1 aliphatic heterocycles. The molecule has 228 valence electrons. The highest BCUT2D eigenvalue weighted by atomic mass is 32.2. The van der Waals surface area contributed by atoms with Gasteiger partial charge in [-0.2, -0.15) is 0 Å². The Morgan fingerprint density at radius 1 is 0.521 bits per heavy atom. The normalized spacial score (nSPS) is 15.8. The van der Waals surface area contributed by atoms with E-state index in [4.69, 9.17) is 0 Å². The predicted molar refractivity (Wildman–Crippen MR) is 206 cm³/mol. The SMILES string of the molecule is CC1(C)c2cc(-c3cccc(-c4ccc5ccc6ccc7c(c6c5c4)SC(c4ccccc4)N7)c3)ccc2-c2ccc3ccccc3c21. The van der Waals surface area contributed by atoms with Gasteiger partial charge in [0.1, 0.15) is 5.37 Å². The molecule has 1 N–H and O–H groups in total. The van der Waals surface area contributed by atoms with Crippen LogP contribution in [0.1, 0.15) is 35.9 Å². The van der Waals surface area contributed by atoms with Crippen LogP contribution in [0.4, 0.5) is 5.69 Å². The van der Waals surface area contributed by atoms with Gasteiger partial charge in [-0.1, -0.05) is 153 Å². The fraction of sp³-hybridized carbons (Fsp3) is 0.0870. The summed E-state index contributed by atoms with van der Waals surface area (Å²) in [6.07, 6.45) is 0. The third kappa shape index (κ3) is 4.12. The molecular weight excluding hydrogens is 599 g/mol. The molecule has 8 aromatic rings. The molecule has 2 heteroatoms. The van der Waals surface area contributed by atoms with Crippen molar-refractivity contribution >= 4 is 49.8 Å². The molecule has 0 radical (unpaired) electrons. The molecule has 0 fully saturated rings. The van der Waals surface area contributed by atoms with E-state index in [1.165, 1.54) is 93.0 Å². The van der Waals surface area contributed by atoms with Gasteiger partial charge in [0, 0.05) is 21.4 Å². The number of fused-ring (bicyclic) bond motifs is 10. The van der Waals surface area contributed by atoms with Gasteiger partial charge in [-0.05, 0) is 101 Å². The van der Waals surface area contributed by atoms with E-state index in [0.29, 0.717) is 0 Å². The van der Waals surface area contributed by atoms with Gasteiger partial charge in [0.05, 0.1) is 0 Å². The highest BCUT2D eigenvalue weighted by molar-refractivity contribution is 8.00. The van der Waals surface area contributed by atoms with Gasteiger partial charge in [0.2, 0.25) is 0 Å². The molecule has 0 aromatic heterocycles. The highest BCUT2D eigenvalue weighted by Crippen LogP contribution is 2.53. The van der Waals surface area contributed by atoms with Gasteiger partial charge < -0.3 is 5.32 Å². The molecular formula is C46H33NS. The first kappa shape index (κ1) is 27.8. The molecule has 1 aliphatic carbocycles. The Balaban J connectivity index is 1.06. The molecule has 0 bridgehead atoms. The van der Waals surface area contributed by atoms with E-state index in [0.717, 1.165) is 0 Å². The summed E-state index contributed by atoms with van der Waals surface area (Å²) in [5, 5.41) is 11.9. The molecule has 48 heavy (non-hydrogen) atoms. The minimum Gasteiger partial charge on any atom is -0.368 e. The molecule has 0 amide bonds. The first-order valence-corrected chi connectivity index (χ1v) is 17.7. The minimum atomic E-state index is -0.0782. The number of hydrogen-bond acceptors (Lipinski definition) is 2. The first-order valence-electron chi connectivity index (χ1n) is 16.8. The van der Waals surface area contributed by atoms with Crippen LogP contribution >= 0.6 is 11.8 Å². The largest absolute Gasteiger partial charge is 0.368 e. The zero-order valence-electron chi connectivity index (χ0n) is 26.9. The molecule has 0 saturated heterocycles. The molecule has 2 aliphatic rings.